The van der Waals surface area contributed by atoms with Gasteiger partial charge in [-0.1, -0.05) is 6.07 Å². The molecule has 0 fully saturated rings. The summed E-state index contributed by atoms with van der Waals surface area (Å²) in [6.45, 7) is 2.37. The van der Waals surface area contributed by atoms with Crippen LogP contribution < -0.4 is 11.3 Å². The maximum Gasteiger partial charge on any atom is 0.255 e. The summed E-state index contributed by atoms with van der Waals surface area (Å²) in [5.74, 6) is 0. The number of aliphatic hydroxyl groups excluding tert-OH is 1. The van der Waals surface area contributed by atoms with E-state index in [4.69, 9.17) is 10.8 Å². The molecule has 0 amide bonds. The molecule has 0 atom stereocenters. The molecule has 1 aromatic rings. The standard InChI is InChI=1S/C9H14N2O2/c1-7-2-3-8(6-10)9(13)11(7)4-5-12/h2-3,12H,4-6,10H2,1H3. The minimum absolute atomic E-state index is 0.0330. The van der Waals surface area contributed by atoms with E-state index >= 15 is 0 Å². The van der Waals surface area contributed by atoms with Gasteiger partial charge in [-0.3, -0.25) is 4.79 Å². The van der Waals surface area contributed by atoms with Crippen molar-refractivity contribution in [2.45, 2.75) is 20.0 Å². The van der Waals surface area contributed by atoms with Crippen molar-refractivity contribution < 1.29 is 5.11 Å². The third-order valence-corrected chi connectivity index (χ3v) is 2.01. The summed E-state index contributed by atoms with van der Waals surface area (Å²) in [5.41, 5.74) is 6.72. The van der Waals surface area contributed by atoms with Gasteiger partial charge in [-0.15, -0.1) is 0 Å². The third kappa shape index (κ3) is 1.96. The summed E-state index contributed by atoms with van der Waals surface area (Å²) < 4.78 is 1.53. The molecule has 0 aliphatic carbocycles. The number of hydrogen-bond acceptors (Lipinski definition) is 3. The zero-order valence-corrected chi connectivity index (χ0v) is 7.66. The van der Waals surface area contributed by atoms with E-state index in [1.807, 2.05) is 13.0 Å². The molecule has 72 valence electrons. The molecule has 0 aliphatic rings. The number of rotatable bonds is 3. The molecule has 0 saturated carbocycles. The van der Waals surface area contributed by atoms with Crippen LogP contribution in [-0.4, -0.2) is 16.3 Å². The molecule has 4 heteroatoms. The van der Waals surface area contributed by atoms with Crippen molar-refractivity contribution in [2.24, 2.45) is 5.73 Å². The molecule has 0 aliphatic heterocycles. The minimum atomic E-state index is -0.100. The fraction of sp³-hybridized carbons (Fsp3) is 0.444. The van der Waals surface area contributed by atoms with Gasteiger partial charge in [0.25, 0.3) is 5.56 Å². The summed E-state index contributed by atoms with van der Waals surface area (Å²) in [4.78, 5) is 11.6. The molecule has 1 rings (SSSR count). The van der Waals surface area contributed by atoms with Crippen LogP contribution in [0.4, 0.5) is 0 Å². The van der Waals surface area contributed by atoms with Crippen LogP contribution in [0.2, 0.25) is 0 Å². The number of nitrogens with zero attached hydrogens (tertiary/aromatic N) is 1. The Bertz CT molecular complexity index is 344. The maximum atomic E-state index is 11.6. The molecule has 0 radical (unpaired) electrons. The van der Waals surface area contributed by atoms with E-state index in [-0.39, 0.29) is 18.7 Å². The molecular weight excluding hydrogens is 168 g/mol. The Labute approximate surface area is 76.6 Å². The molecular formula is C9H14N2O2. The van der Waals surface area contributed by atoms with E-state index in [1.165, 1.54) is 4.57 Å². The van der Waals surface area contributed by atoms with Crippen LogP contribution in [0.5, 0.6) is 0 Å². The van der Waals surface area contributed by atoms with Crippen molar-refractivity contribution in [3.63, 3.8) is 0 Å². The van der Waals surface area contributed by atoms with Crippen molar-refractivity contribution in [3.8, 4) is 0 Å². The normalized spacial score (nSPS) is 10.4. The van der Waals surface area contributed by atoms with Crippen LogP contribution in [0.25, 0.3) is 0 Å². The Hall–Kier alpha value is -1.13. The van der Waals surface area contributed by atoms with Gasteiger partial charge in [0.1, 0.15) is 0 Å². The molecule has 0 bridgehead atoms. The summed E-state index contributed by atoms with van der Waals surface area (Å²) in [6.07, 6.45) is 0. The molecule has 0 spiro atoms. The zero-order chi connectivity index (χ0) is 9.84. The highest BCUT2D eigenvalue weighted by Crippen LogP contribution is 1.97. The highest BCUT2D eigenvalue weighted by Gasteiger charge is 2.03. The van der Waals surface area contributed by atoms with Crippen LogP contribution in [0, 0.1) is 6.92 Å². The first-order chi connectivity index (χ1) is 6.20. The van der Waals surface area contributed by atoms with E-state index in [9.17, 15) is 4.79 Å². The fourth-order valence-electron chi connectivity index (χ4n) is 1.25. The van der Waals surface area contributed by atoms with Crippen LogP contribution in [-0.2, 0) is 13.1 Å². The Kier molecular flexibility index (Phi) is 3.22. The second-order valence-electron chi connectivity index (χ2n) is 2.88. The third-order valence-electron chi connectivity index (χ3n) is 2.01. The monoisotopic (exact) mass is 182 g/mol. The summed E-state index contributed by atoms with van der Waals surface area (Å²) in [7, 11) is 0. The number of nitrogens with two attached hydrogens (primary N) is 1. The molecule has 0 unspecified atom stereocenters. The predicted octanol–water partition coefficient (Wildman–Crippen LogP) is -0.392. The first-order valence-electron chi connectivity index (χ1n) is 4.21. The zero-order valence-electron chi connectivity index (χ0n) is 7.66. The Balaban J connectivity index is 3.22. The second kappa shape index (κ2) is 4.20. The lowest BCUT2D eigenvalue weighted by atomic mass is 10.2. The number of aliphatic hydroxyl groups is 1. The molecule has 13 heavy (non-hydrogen) atoms. The van der Waals surface area contributed by atoms with Gasteiger partial charge >= 0.3 is 0 Å². The predicted molar refractivity (Wildman–Crippen MR) is 50.4 cm³/mol. The average Bonchev–Trinajstić information content (AvgIpc) is 2.12. The maximum absolute atomic E-state index is 11.6. The lowest BCUT2D eigenvalue weighted by molar-refractivity contribution is 0.272. The van der Waals surface area contributed by atoms with E-state index in [0.717, 1.165) is 5.69 Å². The van der Waals surface area contributed by atoms with Gasteiger partial charge in [0.05, 0.1) is 6.61 Å². The van der Waals surface area contributed by atoms with Crippen molar-refractivity contribution in [1.29, 1.82) is 0 Å². The average molecular weight is 182 g/mol. The van der Waals surface area contributed by atoms with E-state index in [0.29, 0.717) is 12.1 Å². The van der Waals surface area contributed by atoms with E-state index < -0.39 is 0 Å². The number of aryl methyl sites for hydroxylation is 1. The smallest absolute Gasteiger partial charge is 0.255 e. The van der Waals surface area contributed by atoms with Gasteiger partial charge in [0.2, 0.25) is 0 Å². The lowest BCUT2D eigenvalue weighted by Crippen LogP contribution is -2.27. The summed E-state index contributed by atoms with van der Waals surface area (Å²) in [5, 5.41) is 8.74. The summed E-state index contributed by atoms with van der Waals surface area (Å²) in [6, 6.07) is 3.56. The number of pyridine rings is 1. The van der Waals surface area contributed by atoms with E-state index in [2.05, 4.69) is 0 Å². The number of hydrogen-bond donors (Lipinski definition) is 2. The van der Waals surface area contributed by atoms with Crippen molar-refractivity contribution in [2.75, 3.05) is 6.61 Å². The number of aromatic nitrogens is 1. The van der Waals surface area contributed by atoms with Crippen LogP contribution in [0.3, 0.4) is 0 Å². The van der Waals surface area contributed by atoms with E-state index in [1.54, 1.807) is 6.07 Å². The minimum Gasteiger partial charge on any atom is -0.395 e. The first kappa shape index (κ1) is 9.95. The van der Waals surface area contributed by atoms with Gasteiger partial charge < -0.3 is 15.4 Å². The van der Waals surface area contributed by atoms with Gasteiger partial charge in [0, 0.05) is 24.3 Å². The SMILES string of the molecule is Cc1ccc(CN)c(=O)n1CCO. The van der Waals surface area contributed by atoms with Crippen molar-refractivity contribution in [3.05, 3.63) is 33.7 Å². The second-order valence-corrected chi connectivity index (χ2v) is 2.88. The van der Waals surface area contributed by atoms with Crippen molar-refractivity contribution in [1.82, 2.24) is 4.57 Å². The fourth-order valence-corrected chi connectivity index (χ4v) is 1.25. The van der Waals surface area contributed by atoms with Gasteiger partial charge in [-0.25, -0.2) is 0 Å². The quantitative estimate of drug-likeness (QED) is 0.668. The van der Waals surface area contributed by atoms with Crippen molar-refractivity contribution >= 4 is 0 Å². The first-order valence-corrected chi connectivity index (χ1v) is 4.21. The molecule has 1 heterocycles. The molecule has 1 aromatic heterocycles. The topological polar surface area (TPSA) is 68.2 Å². The summed E-state index contributed by atoms with van der Waals surface area (Å²) >= 11 is 0. The molecule has 3 N–H and O–H groups in total. The molecule has 0 aromatic carbocycles. The Morgan fingerprint density at radius 1 is 1.54 bits per heavy atom. The van der Waals surface area contributed by atoms with Crippen LogP contribution in [0.1, 0.15) is 11.3 Å². The van der Waals surface area contributed by atoms with Crippen LogP contribution >= 0.6 is 0 Å². The van der Waals surface area contributed by atoms with Gasteiger partial charge in [-0.2, -0.15) is 0 Å². The van der Waals surface area contributed by atoms with Gasteiger partial charge in [-0.05, 0) is 13.0 Å². The molecule has 0 saturated heterocycles. The Morgan fingerprint density at radius 2 is 2.23 bits per heavy atom. The largest absolute Gasteiger partial charge is 0.395 e. The highest BCUT2D eigenvalue weighted by molar-refractivity contribution is 5.15. The lowest BCUT2D eigenvalue weighted by Gasteiger charge is -2.09. The molecule has 4 nitrogen and oxygen atoms in total. The van der Waals surface area contributed by atoms with Crippen LogP contribution in [0.15, 0.2) is 16.9 Å². The Morgan fingerprint density at radius 3 is 2.77 bits per heavy atom. The van der Waals surface area contributed by atoms with Gasteiger partial charge in [0.15, 0.2) is 0 Å². The highest BCUT2D eigenvalue weighted by atomic mass is 16.3.